The number of hydrogen-bond donors (Lipinski definition) is 1. The van der Waals surface area contributed by atoms with Crippen molar-refractivity contribution >= 4 is 17.7 Å². The van der Waals surface area contributed by atoms with Crippen LogP contribution in [-0.2, 0) is 16.1 Å². The molecule has 0 unspecified atom stereocenters. The lowest BCUT2D eigenvalue weighted by Gasteiger charge is -2.09. The molecule has 1 aromatic heterocycles. The van der Waals surface area contributed by atoms with Gasteiger partial charge in [0.2, 0.25) is 5.78 Å². The molecule has 150 valence electrons. The average molecular weight is 384 g/mol. The van der Waals surface area contributed by atoms with E-state index in [1.165, 1.54) is 0 Å². The monoisotopic (exact) mass is 384 g/mol. The first-order valence-corrected chi connectivity index (χ1v) is 9.54. The number of rotatable bonds is 9. The number of carbonyl (C=O) groups excluding carboxylic acids is 3. The van der Waals surface area contributed by atoms with E-state index in [2.05, 4.69) is 16.8 Å². The van der Waals surface area contributed by atoms with Gasteiger partial charge in [-0.05, 0) is 44.9 Å². The molecule has 1 aromatic carbocycles. The van der Waals surface area contributed by atoms with Gasteiger partial charge in [0.15, 0.2) is 6.61 Å². The highest BCUT2D eigenvalue weighted by molar-refractivity contribution is 5.99. The number of esters is 1. The van der Waals surface area contributed by atoms with Crippen molar-refractivity contribution in [2.75, 3.05) is 13.2 Å². The molecule has 0 fully saturated rings. The predicted molar refractivity (Wildman–Crippen MR) is 108 cm³/mol. The first-order chi connectivity index (χ1) is 13.3. The maximum absolute atomic E-state index is 12.4. The minimum absolute atomic E-state index is 0.0136. The zero-order chi connectivity index (χ0) is 20.7. The fraction of sp³-hybridized carbons (Fsp3) is 0.409. The third-order valence-corrected chi connectivity index (χ3v) is 4.69. The first kappa shape index (κ1) is 21.4. The maximum Gasteiger partial charge on any atom is 0.308 e. The van der Waals surface area contributed by atoms with Crippen LogP contribution in [-0.4, -0.2) is 35.4 Å². The number of aromatic nitrogens is 1. The summed E-state index contributed by atoms with van der Waals surface area (Å²) in [5.41, 5.74) is 3.95. The van der Waals surface area contributed by atoms with Gasteiger partial charge < -0.3 is 14.6 Å². The molecule has 0 bridgehead atoms. The van der Waals surface area contributed by atoms with Crippen molar-refractivity contribution in [2.45, 2.75) is 47.1 Å². The second kappa shape index (κ2) is 9.88. The van der Waals surface area contributed by atoms with Crippen LogP contribution in [0.2, 0.25) is 0 Å². The summed E-state index contributed by atoms with van der Waals surface area (Å²) in [7, 11) is 0. The van der Waals surface area contributed by atoms with Gasteiger partial charge in [-0.25, -0.2) is 0 Å². The van der Waals surface area contributed by atoms with E-state index in [0.717, 1.165) is 29.9 Å². The van der Waals surface area contributed by atoms with E-state index in [1.54, 1.807) is 12.1 Å². The standard InChI is InChI=1S/C22H28N2O4/c1-5-12-24-16(3)13-19(17(24)4)20(25)14-28-21(26)10-11-23-22(27)18-9-7-6-8-15(18)2/h6-9,13H,5,10-12,14H2,1-4H3,(H,23,27). The van der Waals surface area contributed by atoms with Gasteiger partial charge >= 0.3 is 5.97 Å². The molecule has 0 aliphatic heterocycles. The second-order valence-electron chi connectivity index (χ2n) is 6.84. The molecule has 1 amide bonds. The molecular formula is C22H28N2O4. The van der Waals surface area contributed by atoms with Crippen molar-refractivity contribution in [3.8, 4) is 0 Å². The number of benzene rings is 1. The summed E-state index contributed by atoms with van der Waals surface area (Å²) in [5, 5.41) is 2.70. The molecule has 0 aliphatic rings. The van der Waals surface area contributed by atoms with Gasteiger partial charge in [0.05, 0.1) is 6.42 Å². The van der Waals surface area contributed by atoms with Crippen LogP contribution in [0.1, 0.15) is 57.4 Å². The molecule has 0 radical (unpaired) electrons. The lowest BCUT2D eigenvalue weighted by atomic mass is 10.1. The number of nitrogens with one attached hydrogen (secondary N) is 1. The summed E-state index contributed by atoms with van der Waals surface area (Å²) in [6, 6.07) is 9.08. The number of aryl methyl sites for hydroxylation is 2. The Balaban J connectivity index is 1.80. The number of nitrogens with zero attached hydrogens (tertiary/aromatic N) is 1. The summed E-state index contributed by atoms with van der Waals surface area (Å²) in [6.07, 6.45) is 0.993. The summed E-state index contributed by atoms with van der Waals surface area (Å²) in [6.45, 7) is 8.52. The summed E-state index contributed by atoms with van der Waals surface area (Å²) in [5.74, 6) is -0.959. The van der Waals surface area contributed by atoms with Crippen LogP contribution in [0.3, 0.4) is 0 Å². The van der Waals surface area contributed by atoms with Crippen LogP contribution < -0.4 is 5.32 Å². The third-order valence-electron chi connectivity index (χ3n) is 4.69. The molecule has 2 rings (SSSR count). The molecule has 0 saturated heterocycles. The molecule has 6 heteroatoms. The molecule has 1 heterocycles. The molecular weight excluding hydrogens is 356 g/mol. The number of Topliss-reactive ketones (excluding diaryl/α,β-unsaturated/α-hetero) is 1. The number of ether oxygens (including phenoxy) is 1. The Bertz CT molecular complexity index is 867. The average Bonchev–Trinajstić information content (AvgIpc) is 2.95. The van der Waals surface area contributed by atoms with Crippen LogP contribution in [0.5, 0.6) is 0 Å². The zero-order valence-corrected chi connectivity index (χ0v) is 17.0. The Hall–Kier alpha value is -2.89. The molecule has 28 heavy (non-hydrogen) atoms. The molecule has 0 atom stereocenters. The SMILES string of the molecule is CCCn1c(C)cc(C(=O)COC(=O)CCNC(=O)c2ccccc2C)c1C. The van der Waals surface area contributed by atoms with Gasteiger partial charge in [-0.2, -0.15) is 0 Å². The van der Waals surface area contributed by atoms with Gasteiger partial charge in [0.1, 0.15) is 0 Å². The van der Waals surface area contributed by atoms with Crippen molar-refractivity contribution in [3.63, 3.8) is 0 Å². The smallest absolute Gasteiger partial charge is 0.308 e. The Labute approximate surface area is 165 Å². The van der Waals surface area contributed by atoms with E-state index in [-0.39, 0.29) is 31.3 Å². The van der Waals surface area contributed by atoms with E-state index >= 15 is 0 Å². The largest absolute Gasteiger partial charge is 0.457 e. The minimum Gasteiger partial charge on any atom is -0.457 e. The van der Waals surface area contributed by atoms with E-state index < -0.39 is 5.97 Å². The second-order valence-corrected chi connectivity index (χ2v) is 6.84. The highest BCUT2D eigenvalue weighted by atomic mass is 16.5. The Kier molecular flexibility index (Phi) is 7.55. The fourth-order valence-electron chi connectivity index (χ4n) is 3.15. The van der Waals surface area contributed by atoms with Crippen LogP contribution in [0.4, 0.5) is 0 Å². The summed E-state index contributed by atoms with van der Waals surface area (Å²) < 4.78 is 7.18. The van der Waals surface area contributed by atoms with Crippen LogP contribution in [0.25, 0.3) is 0 Å². The van der Waals surface area contributed by atoms with Gasteiger partial charge in [0, 0.05) is 35.6 Å². The van der Waals surface area contributed by atoms with Crippen molar-refractivity contribution in [2.24, 2.45) is 0 Å². The van der Waals surface area contributed by atoms with Crippen LogP contribution >= 0.6 is 0 Å². The number of ketones is 1. The van der Waals surface area contributed by atoms with E-state index in [0.29, 0.717) is 11.1 Å². The highest BCUT2D eigenvalue weighted by Crippen LogP contribution is 2.16. The van der Waals surface area contributed by atoms with Gasteiger partial charge in [0.25, 0.3) is 5.91 Å². The normalized spacial score (nSPS) is 10.6. The highest BCUT2D eigenvalue weighted by Gasteiger charge is 2.17. The van der Waals surface area contributed by atoms with Crippen molar-refractivity contribution in [3.05, 3.63) is 58.4 Å². The minimum atomic E-state index is -0.513. The quantitative estimate of drug-likeness (QED) is 0.531. The zero-order valence-electron chi connectivity index (χ0n) is 17.0. The molecule has 2 aromatic rings. The topological polar surface area (TPSA) is 77.4 Å². The molecule has 1 N–H and O–H groups in total. The number of hydrogen-bond acceptors (Lipinski definition) is 4. The fourth-order valence-corrected chi connectivity index (χ4v) is 3.15. The van der Waals surface area contributed by atoms with E-state index in [9.17, 15) is 14.4 Å². The van der Waals surface area contributed by atoms with Crippen molar-refractivity contribution in [1.29, 1.82) is 0 Å². The van der Waals surface area contributed by atoms with Gasteiger partial charge in [-0.3, -0.25) is 14.4 Å². The lowest BCUT2D eigenvalue weighted by Crippen LogP contribution is -2.27. The lowest BCUT2D eigenvalue weighted by molar-refractivity contribution is -0.142. The van der Waals surface area contributed by atoms with Crippen LogP contribution in [0.15, 0.2) is 30.3 Å². The number of carbonyl (C=O) groups is 3. The van der Waals surface area contributed by atoms with E-state index in [1.807, 2.05) is 39.0 Å². The summed E-state index contributed by atoms with van der Waals surface area (Å²) in [4.78, 5) is 36.4. The Morgan fingerprint density at radius 1 is 1.07 bits per heavy atom. The third kappa shape index (κ3) is 5.31. The number of amides is 1. The molecule has 0 aliphatic carbocycles. The van der Waals surface area contributed by atoms with Crippen LogP contribution in [0, 0.1) is 20.8 Å². The van der Waals surface area contributed by atoms with Gasteiger partial charge in [-0.1, -0.05) is 25.1 Å². The van der Waals surface area contributed by atoms with Crippen molar-refractivity contribution in [1.82, 2.24) is 9.88 Å². The first-order valence-electron chi connectivity index (χ1n) is 9.54. The predicted octanol–water partition coefficient (Wildman–Crippen LogP) is 3.37. The summed E-state index contributed by atoms with van der Waals surface area (Å²) >= 11 is 0. The van der Waals surface area contributed by atoms with Gasteiger partial charge in [-0.15, -0.1) is 0 Å². The molecule has 0 spiro atoms. The molecule has 6 nitrogen and oxygen atoms in total. The molecule has 0 saturated carbocycles. The van der Waals surface area contributed by atoms with E-state index in [4.69, 9.17) is 4.74 Å². The maximum atomic E-state index is 12.4. The van der Waals surface area contributed by atoms with Crippen molar-refractivity contribution < 1.29 is 19.1 Å². The Morgan fingerprint density at radius 2 is 1.79 bits per heavy atom. The Morgan fingerprint density at radius 3 is 2.46 bits per heavy atom.